The highest BCUT2D eigenvalue weighted by Gasteiger charge is 2.42. The molecule has 0 heterocycles. The van der Waals surface area contributed by atoms with E-state index in [9.17, 15) is 26.7 Å². The maximum atomic E-state index is 13.5. The Kier molecular flexibility index (Phi) is 5.50. The first kappa shape index (κ1) is 16.9. The van der Waals surface area contributed by atoms with Crippen LogP contribution >= 0.6 is 15.9 Å². The minimum atomic E-state index is -4.65. The fourth-order valence-electron chi connectivity index (χ4n) is 1.54. The van der Waals surface area contributed by atoms with Gasteiger partial charge in [0.15, 0.2) is 0 Å². The average Bonchev–Trinajstić information content (AvgIpc) is 2.37. The fourth-order valence-corrected chi connectivity index (χ4v) is 1.86. The van der Waals surface area contributed by atoms with Crippen molar-refractivity contribution in [1.29, 1.82) is 0 Å². The monoisotopic (exact) mass is 359 g/mol. The van der Waals surface area contributed by atoms with Crippen LogP contribution in [0.25, 0.3) is 0 Å². The van der Waals surface area contributed by atoms with Crippen LogP contribution in [-0.4, -0.2) is 28.4 Å². The maximum Gasteiger partial charge on any atom is 0.408 e. The van der Waals surface area contributed by atoms with Crippen LogP contribution < -0.4 is 0 Å². The first-order valence-electron chi connectivity index (χ1n) is 5.53. The second kappa shape index (κ2) is 6.51. The van der Waals surface area contributed by atoms with E-state index in [1.807, 2.05) is 0 Å². The van der Waals surface area contributed by atoms with Gasteiger partial charge in [0.1, 0.15) is 17.7 Å². The van der Waals surface area contributed by atoms with E-state index in [1.165, 1.54) is 0 Å². The van der Waals surface area contributed by atoms with Crippen LogP contribution in [0.4, 0.5) is 22.0 Å². The van der Waals surface area contributed by atoms with Crippen LogP contribution in [0.2, 0.25) is 0 Å². The van der Waals surface area contributed by atoms with Crippen molar-refractivity contribution >= 4 is 21.8 Å². The van der Waals surface area contributed by atoms with E-state index in [-0.39, 0.29) is 10.9 Å². The van der Waals surface area contributed by atoms with Crippen molar-refractivity contribution in [3.05, 3.63) is 35.4 Å². The molecule has 0 saturated carbocycles. The molecule has 0 aliphatic heterocycles. The van der Waals surface area contributed by atoms with Crippen LogP contribution in [0.5, 0.6) is 0 Å². The fraction of sp³-hybridized carbons (Fsp3) is 0.417. The Morgan fingerprint density at radius 2 is 1.95 bits per heavy atom. The third-order valence-corrected chi connectivity index (χ3v) is 3.20. The summed E-state index contributed by atoms with van der Waals surface area (Å²) in [5.41, 5.74) is -0.310. The van der Waals surface area contributed by atoms with Crippen molar-refractivity contribution in [2.75, 3.05) is 5.33 Å². The molecule has 1 aromatic rings. The van der Waals surface area contributed by atoms with Crippen LogP contribution in [0.15, 0.2) is 18.2 Å². The molecule has 0 saturated heterocycles. The molecule has 0 aromatic heterocycles. The van der Waals surface area contributed by atoms with E-state index < -0.39 is 36.3 Å². The van der Waals surface area contributed by atoms with Gasteiger partial charge in [-0.15, -0.1) is 0 Å². The second-order valence-electron chi connectivity index (χ2n) is 4.11. The van der Waals surface area contributed by atoms with Crippen molar-refractivity contribution in [2.45, 2.75) is 25.7 Å². The predicted octanol–water partition coefficient (Wildman–Crippen LogP) is 3.64. The molecule has 0 radical (unpaired) electrons. The number of hydrogen-bond donors (Lipinski definition) is 0. The summed E-state index contributed by atoms with van der Waals surface area (Å²) in [6, 6.07) is 0.324. The van der Waals surface area contributed by atoms with E-state index >= 15 is 0 Å². The zero-order valence-electron chi connectivity index (χ0n) is 10.3. The molecule has 1 amide bonds. The third kappa shape index (κ3) is 4.16. The SMILES string of the molecule is CC(N(Cc1cc(F)ccc1F)C(=O)CBr)C(F)(F)F. The molecule has 1 aromatic carbocycles. The molecule has 20 heavy (non-hydrogen) atoms. The second-order valence-corrected chi connectivity index (χ2v) is 4.67. The Balaban J connectivity index is 3.07. The normalized spacial score (nSPS) is 13.2. The average molecular weight is 360 g/mol. The number of carbonyl (C=O) groups is 1. The predicted molar refractivity (Wildman–Crippen MR) is 66.2 cm³/mol. The quantitative estimate of drug-likeness (QED) is 0.593. The van der Waals surface area contributed by atoms with Gasteiger partial charge in [-0.25, -0.2) is 8.78 Å². The van der Waals surface area contributed by atoms with E-state index in [0.717, 1.165) is 25.1 Å². The van der Waals surface area contributed by atoms with E-state index in [4.69, 9.17) is 0 Å². The molecule has 0 aliphatic rings. The van der Waals surface area contributed by atoms with Gasteiger partial charge in [-0.05, 0) is 25.1 Å². The van der Waals surface area contributed by atoms with Gasteiger partial charge < -0.3 is 4.90 Å². The molecule has 112 valence electrons. The Bertz CT molecular complexity index is 491. The summed E-state index contributed by atoms with van der Waals surface area (Å²) in [4.78, 5) is 12.0. The number of nitrogens with zero attached hydrogens (tertiary/aromatic N) is 1. The van der Waals surface area contributed by atoms with Crippen LogP contribution in [0, 0.1) is 11.6 Å². The minimum Gasteiger partial charge on any atom is -0.326 e. The van der Waals surface area contributed by atoms with E-state index in [2.05, 4.69) is 15.9 Å². The van der Waals surface area contributed by atoms with Crippen molar-refractivity contribution in [3.63, 3.8) is 0 Å². The van der Waals surface area contributed by atoms with Crippen LogP contribution in [-0.2, 0) is 11.3 Å². The molecule has 2 nitrogen and oxygen atoms in total. The highest BCUT2D eigenvalue weighted by Crippen LogP contribution is 2.26. The van der Waals surface area contributed by atoms with Crippen molar-refractivity contribution in [3.8, 4) is 0 Å². The highest BCUT2D eigenvalue weighted by atomic mass is 79.9. The smallest absolute Gasteiger partial charge is 0.326 e. The first-order valence-corrected chi connectivity index (χ1v) is 6.65. The van der Waals surface area contributed by atoms with Crippen molar-refractivity contribution in [1.82, 2.24) is 4.90 Å². The summed E-state index contributed by atoms with van der Waals surface area (Å²) in [7, 11) is 0. The maximum absolute atomic E-state index is 13.5. The summed E-state index contributed by atoms with van der Waals surface area (Å²) in [5.74, 6) is -2.51. The van der Waals surface area contributed by atoms with Crippen molar-refractivity contribution in [2.24, 2.45) is 0 Å². The van der Waals surface area contributed by atoms with Crippen LogP contribution in [0.1, 0.15) is 12.5 Å². The van der Waals surface area contributed by atoms with Gasteiger partial charge in [0.2, 0.25) is 5.91 Å². The lowest BCUT2D eigenvalue weighted by atomic mass is 10.1. The summed E-state index contributed by atoms with van der Waals surface area (Å²) >= 11 is 2.77. The molecule has 0 fully saturated rings. The third-order valence-electron chi connectivity index (χ3n) is 2.72. The molecule has 8 heteroatoms. The molecular weight excluding hydrogens is 349 g/mol. The summed E-state index contributed by atoms with van der Waals surface area (Å²) < 4.78 is 64.6. The molecule has 1 atom stereocenters. The Morgan fingerprint density at radius 1 is 1.35 bits per heavy atom. The first-order chi connectivity index (χ1) is 9.16. The van der Waals surface area contributed by atoms with Crippen molar-refractivity contribution < 1.29 is 26.7 Å². The van der Waals surface area contributed by atoms with Gasteiger partial charge >= 0.3 is 6.18 Å². The number of alkyl halides is 4. The number of carbonyl (C=O) groups excluding carboxylic acids is 1. The number of benzene rings is 1. The number of rotatable bonds is 4. The lowest BCUT2D eigenvalue weighted by Crippen LogP contribution is -2.47. The lowest BCUT2D eigenvalue weighted by Gasteiger charge is -2.30. The summed E-state index contributed by atoms with van der Waals surface area (Å²) in [6.45, 7) is 0.131. The van der Waals surface area contributed by atoms with Gasteiger partial charge in [-0.2, -0.15) is 13.2 Å². The van der Waals surface area contributed by atoms with E-state index in [1.54, 1.807) is 0 Å². The lowest BCUT2D eigenvalue weighted by molar-refractivity contribution is -0.186. The molecule has 0 spiro atoms. The molecular formula is C12H11BrF5NO. The Labute approximate surface area is 120 Å². The number of halogens is 6. The highest BCUT2D eigenvalue weighted by molar-refractivity contribution is 9.09. The number of amides is 1. The largest absolute Gasteiger partial charge is 0.408 e. The van der Waals surface area contributed by atoms with Gasteiger partial charge in [0.05, 0.1) is 5.33 Å². The van der Waals surface area contributed by atoms with Crippen LogP contribution in [0.3, 0.4) is 0 Å². The summed E-state index contributed by atoms with van der Waals surface area (Å²) in [5, 5.41) is -0.343. The standard InChI is InChI=1S/C12H11BrF5NO/c1-7(12(16,17)18)19(11(20)5-13)6-8-4-9(14)2-3-10(8)15/h2-4,7H,5-6H2,1H3. The molecule has 1 unspecified atom stereocenters. The number of hydrogen-bond acceptors (Lipinski definition) is 1. The topological polar surface area (TPSA) is 20.3 Å². The molecule has 0 N–H and O–H groups in total. The molecule has 0 bridgehead atoms. The van der Waals surface area contributed by atoms with Gasteiger partial charge in [-0.3, -0.25) is 4.79 Å². The molecule has 1 rings (SSSR count). The zero-order valence-corrected chi connectivity index (χ0v) is 11.9. The van der Waals surface area contributed by atoms with E-state index in [0.29, 0.717) is 4.90 Å². The molecule has 0 aliphatic carbocycles. The minimum absolute atomic E-state index is 0.310. The van der Waals surface area contributed by atoms with Gasteiger partial charge in [-0.1, -0.05) is 15.9 Å². The summed E-state index contributed by atoms with van der Waals surface area (Å²) in [6.07, 6.45) is -4.65. The van der Waals surface area contributed by atoms with Gasteiger partial charge in [0.25, 0.3) is 0 Å². The van der Waals surface area contributed by atoms with Gasteiger partial charge in [0, 0.05) is 12.1 Å². The Morgan fingerprint density at radius 3 is 2.45 bits per heavy atom. The Hall–Kier alpha value is -1.18. The zero-order chi connectivity index (χ0) is 15.5.